The van der Waals surface area contributed by atoms with Crippen molar-refractivity contribution < 1.29 is 4.42 Å². The Morgan fingerprint density at radius 3 is 2.47 bits per heavy atom. The zero-order chi connectivity index (χ0) is 11.4. The Bertz CT molecular complexity index is 294. The Morgan fingerprint density at radius 2 is 2.00 bits per heavy atom. The molecule has 0 fully saturated rings. The topological polar surface area (TPSA) is 28.4 Å². The summed E-state index contributed by atoms with van der Waals surface area (Å²) in [5, 5.41) is 3.46. The van der Waals surface area contributed by atoms with E-state index in [1.165, 1.54) is 0 Å². The molecule has 0 aromatic carbocycles. The Hall–Kier alpha value is -0.800. The van der Waals surface area contributed by atoms with Crippen molar-refractivity contribution in [2.24, 2.45) is 0 Å². The predicted molar refractivity (Wildman–Crippen MR) is 63.0 cm³/mol. The molecule has 1 rings (SSSR count). The second kappa shape index (κ2) is 5.33. The number of likely N-dealkylation sites (N-methyl/N-ethyl adjacent to an activating group) is 1. The first kappa shape index (κ1) is 12.3. The molecule has 2 unspecified atom stereocenters. The third kappa shape index (κ3) is 3.68. The number of nitrogens with one attached hydrogen (secondary N) is 1. The molecule has 0 aliphatic carbocycles. The van der Waals surface area contributed by atoms with E-state index >= 15 is 0 Å². The normalized spacial score (nSPS) is 15.6. The molecule has 0 radical (unpaired) electrons. The first-order valence-electron chi connectivity index (χ1n) is 5.47. The summed E-state index contributed by atoms with van der Waals surface area (Å²) in [5.74, 6) is 1.98. The minimum absolute atomic E-state index is 0.279. The molecular weight excluding hydrogens is 188 g/mol. The molecule has 86 valence electrons. The smallest absolute Gasteiger partial charge is 0.120 e. The molecule has 1 heterocycles. The molecule has 3 nitrogen and oxygen atoms in total. The zero-order valence-corrected chi connectivity index (χ0v) is 10.4. The molecule has 0 aliphatic rings. The lowest BCUT2D eigenvalue weighted by molar-refractivity contribution is 0.289. The van der Waals surface area contributed by atoms with Gasteiger partial charge in [0.25, 0.3) is 0 Å². The van der Waals surface area contributed by atoms with E-state index in [9.17, 15) is 0 Å². The highest BCUT2D eigenvalue weighted by Gasteiger charge is 2.11. The summed E-state index contributed by atoms with van der Waals surface area (Å²) in [7, 11) is 4.18. The maximum Gasteiger partial charge on any atom is 0.120 e. The van der Waals surface area contributed by atoms with E-state index in [0.29, 0.717) is 6.04 Å². The fourth-order valence-corrected chi connectivity index (χ4v) is 1.32. The fourth-order valence-electron chi connectivity index (χ4n) is 1.32. The zero-order valence-electron chi connectivity index (χ0n) is 10.4. The van der Waals surface area contributed by atoms with Gasteiger partial charge in [-0.25, -0.2) is 0 Å². The summed E-state index contributed by atoms with van der Waals surface area (Å²) in [6.45, 7) is 7.26. The van der Waals surface area contributed by atoms with Crippen LogP contribution in [-0.2, 0) is 0 Å². The number of rotatable bonds is 5. The average Bonchev–Trinajstić information content (AvgIpc) is 2.60. The lowest BCUT2D eigenvalue weighted by atomic mass is 10.2. The molecule has 15 heavy (non-hydrogen) atoms. The summed E-state index contributed by atoms with van der Waals surface area (Å²) >= 11 is 0. The molecular formula is C12H22N2O. The Balaban J connectivity index is 2.39. The van der Waals surface area contributed by atoms with Gasteiger partial charge in [-0.3, -0.25) is 0 Å². The lowest BCUT2D eigenvalue weighted by Crippen LogP contribution is -2.36. The van der Waals surface area contributed by atoms with E-state index in [4.69, 9.17) is 4.42 Å². The van der Waals surface area contributed by atoms with E-state index in [1.54, 1.807) is 0 Å². The largest absolute Gasteiger partial charge is 0.465 e. The maximum absolute atomic E-state index is 5.56. The van der Waals surface area contributed by atoms with Gasteiger partial charge in [-0.15, -0.1) is 0 Å². The van der Waals surface area contributed by atoms with Gasteiger partial charge in [-0.1, -0.05) is 0 Å². The van der Waals surface area contributed by atoms with Crippen molar-refractivity contribution >= 4 is 0 Å². The van der Waals surface area contributed by atoms with Crippen molar-refractivity contribution in [3.63, 3.8) is 0 Å². The van der Waals surface area contributed by atoms with Crippen LogP contribution in [0.15, 0.2) is 16.5 Å². The van der Waals surface area contributed by atoms with E-state index in [2.05, 4.69) is 38.2 Å². The Morgan fingerprint density at radius 1 is 1.33 bits per heavy atom. The number of aryl methyl sites for hydroxylation is 1. The molecule has 0 amide bonds. The van der Waals surface area contributed by atoms with Gasteiger partial charge in [0.2, 0.25) is 0 Å². The lowest BCUT2D eigenvalue weighted by Gasteiger charge is -2.22. The van der Waals surface area contributed by atoms with Crippen LogP contribution in [0.2, 0.25) is 0 Å². The van der Waals surface area contributed by atoms with Gasteiger partial charge >= 0.3 is 0 Å². The van der Waals surface area contributed by atoms with Crippen molar-refractivity contribution in [3.8, 4) is 0 Å². The van der Waals surface area contributed by atoms with Crippen LogP contribution in [-0.4, -0.2) is 31.6 Å². The molecule has 1 N–H and O–H groups in total. The van der Waals surface area contributed by atoms with Gasteiger partial charge in [-0.2, -0.15) is 0 Å². The minimum atomic E-state index is 0.279. The summed E-state index contributed by atoms with van der Waals surface area (Å²) in [6.07, 6.45) is 0. The van der Waals surface area contributed by atoms with Gasteiger partial charge in [0.15, 0.2) is 0 Å². The number of hydrogen-bond donors (Lipinski definition) is 1. The fraction of sp³-hybridized carbons (Fsp3) is 0.667. The molecule has 0 spiro atoms. The molecule has 2 atom stereocenters. The minimum Gasteiger partial charge on any atom is -0.465 e. The van der Waals surface area contributed by atoms with Gasteiger partial charge in [0.05, 0.1) is 6.04 Å². The first-order valence-corrected chi connectivity index (χ1v) is 5.47. The van der Waals surface area contributed by atoms with Crippen molar-refractivity contribution in [3.05, 3.63) is 23.7 Å². The second-order valence-electron chi connectivity index (χ2n) is 4.39. The highest BCUT2D eigenvalue weighted by molar-refractivity contribution is 5.08. The summed E-state index contributed by atoms with van der Waals surface area (Å²) < 4.78 is 5.56. The van der Waals surface area contributed by atoms with Gasteiger partial charge < -0.3 is 14.6 Å². The molecule has 0 aliphatic heterocycles. The van der Waals surface area contributed by atoms with Crippen LogP contribution >= 0.6 is 0 Å². The second-order valence-corrected chi connectivity index (χ2v) is 4.39. The molecule has 0 bridgehead atoms. The molecule has 0 saturated carbocycles. The van der Waals surface area contributed by atoms with Crippen LogP contribution in [0.3, 0.4) is 0 Å². The summed E-state index contributed by atoms with van der Waals surface area (Å²) in [5.41, 5.74) is 0. The molecule has 3 heteroatoms. The summed E-state index contributed by atoms with van der Waals surface area (Å²) in [4.78, 5) is 2.20. The predicted octanol–water partition coefficient (Wildman–Crippen LogP) is 2.19. The summed E-state index contributed by atoms with van der Waals surface area (Å²) in [6, 6.07) is 4.85. The van der Waals surface area contributed by atoms with Gasteiger partial charge in [-0.05, 0) is 47.0 Å². The monoisotopic (exact) mass is 210 g/mol. The SMILES string of the molecule is Cc1ccc(C(C)NCC(C)N(C)C)o1. The number of nitrogens with zero attached hydrogens (tertiary/aromatic N) is 1. The van der Waals surface area contributed by atoms with Crippen molar-refractivity contribution in [2.75, 3.05) is 20.6 Å². The van der Waals surface area contributed by atoms with Gasteiger partial charge in [0.1, 0.15) is 11.5 Å². The standard InChI is InChI=1S/C12H22N2O/c1-9(14(4)5)8-13-11(3)12-7-6-10(2)15-12/h6-7,9,11,13H,8H2,1-5H3. The average molecular weight is 210 g/mol. The Kier molecular flexibility index (Phi) is 4.36. The molecule has 0 saturated heterocycles. The number of furan rings is 1. The number of hydrogen-bond acceptors (Lipinski definition) is 3. The molecule has 1 aromatic rings. The van der Waals surface area contributed by atoms with Crippen molar-refractivity contribution in [1.29, 1.82) is 0 Å². The third-order valence-corrected chi connectivity index (χ3v) is 2.79. The molecule has 1 aromatic heterocycles. The highest BCUT2D eigenvalue weighted by Crippen LogP contribution is 2.15. The first-order chi connectivity index (χ1) is 7.00. The van der Waals surface area contributed by atoms with Gasteiger partial charge in [0, 0.05) is 12.6 Å². The van der Waals surface area contributed by atoms with Crippen LogP contribution in [0.25, 0.3) is 0 Å². The Labute approximate surface area is 92.5 Å². The van der Waals surface area contributed by atoms with Crippen LogP contribution in [0.4, 0.5) is 0 Å². The maximum atomic E-state index is 5.56. The quantitative estimate of drug-likeness (QED) is 0.807. The highest BCUT2D eigenvalue weighted by atomic mass is 16.3. The van der Waals surface area contributed by atoms with Crippen LogP contribution < -0.4 is 5.32 Å². The van der Waals surface area contributed by atoms with E-state index in [-0.39, 0.29) is 6.04 Å². The van der Waals surface area contributed by atoms with Crippen molar-refractivity contribution in [1.82, 2.24) is 10.2 Å². The van der Waals surface area contributed by atoms with Crippen LogP contribution in [0.1, 0.15) is 31.4 Å². The van der Waals surface area contributed by atoms with Crippen molar-refractivity contribution in [2.45, 2.75) is 32.9 Å². The van der Waals surface area contributed by atoms with Crippen LogP contribution in [0, 0.1) is 6.92 Å². The van der Waals surface area contributed by atoms with E-state index in [0.717, 1.165) is 18.1 Å². The van der Waals surface area contributed by atoms with E-state index in [1.807, 2.05) is 19.1 Å². The third-order valence-electron chi connectivity index (χ3n) is 2.79. The van der Waals surface area contributed by atoms with Crippen LogP contribution in [0.5, 0.6) is 0 Å². The van der Waals surface area contributed by atoms with E-state index < -0.39 is 0 Å².